The normalized spacial score (nSPS) is 11.2. The molecule has 0 rings (SSSR count). The number of esters is 2. The fourth-order valence-corrected chi connectivity index (χ4v) is 1.12. The Kier molecular flexibility index (Phi) is 7.51. The Balaban J connectivity index is 4.01. The lowest BCUT2D eigenvalue weighted by molar-refractivity contribution is -0.158. The summed E-state index contributed by atoms with van der Waals surface area (Å²) in [4.78, 5) is 45.3. The molecular formula is C14H24N2O7. The van der Waals surface area contributed by atoms with E-state index in [0.717, 1.165) is 0 Å². The van der Waals surface area contributed by atoms with Gasteiger partial charge in [0.25, 0.3) is 0 Å². The van der Waals surface area contributed by atoms with Crippen molar-refractivity contribution < 1.29 is 33.4 Å². The van der Waals surface area contributed by atoms with Gasteiger partial charge in [0, 0.05) is 0 Å². The minimum absolute atomic E-state index is 0.535. The first-order chi connectivity index (χ1) is 10.3. The molecule has 0 bridgehead atoms. The SMILES string of the molecule is CC(C)(C)OC(=O)NCC(=O)OC(=O)CNC(=O)OC(C)(C)C. The van der Waals surface area contributed by atoms with Gasteiger partial charge in [0.05, 0.1) is 0 Å². The second-order valence-corrected chi connectivity index (χ2v) is 6.56. The summed E-state index contributed by atoms with van der Waals surface area (Å²) in [5.41, 5.74) is -1.41. The molecule has 132 valence electrons. The molecule has 0 unspecified atom stereocenters. The number of hydrogen-bond acceptors (Lipinski definition) is 7. The summed E-state index contributed by atoms with van der Waals surface area (Å²) >= 11 is 0. The van der Waals surface area contributed by atoms with E-state index in [-0.39, 0.29) is 0 Å². The highest BCUT2D eigenvalue weighted by Crippen LogP contribution is 2.06. The number of carbonyl (C=O) groups excluding carboxylic acids is 4. The van der Waals surface area contributed by atoms with Gasteiger partial charge in [0.2, 0.25) is 0 Å². The van der Waals surface area contributed by atoms with Crippen LogP contribution in [0, 0.1) is 0 Å². The van der Waals surface area contributed by atoms with E-state index in [0.29, 0.717) is 0 Å². The van der Waals surface area contributed by atoms with E-state index in [1.165, 1.54) is 0 Å². The summed E-state index contributed by atoms with van der Waals surface area (Å²) in [6.07, 6.45) is -1.62. The van der Waals surface area contributed by atoms with Crippen molar-refractivity contribution in [3.8, 4) is 0 Å². The van der Waals surface area contributed by atoms with Gasteiger partial charge >= 0.3 is 24.1 Å². The third kappa shape index (κ3) is 13.1. The van der Waals surface area contributed by atoms with Crippen molar-refractivity contribution in [3.05, 3.63) is 0 Å². The maximum absolute atomic E-state index is 11.3. The Bertz CT molecular complexity index is 419. The fourth-order valence-electron chi connectivity index (χ4n) is 1.12. The first-order valence-electron chi connectivity index (χ1n) is 6.96. The number of carbonyl (C=O) groups is 4. The van der Waals surface area contributed by atoms with Crippen LogP contribution >= 0.6 is 0 Å². The Morgan fingerprint density at radius 2 is 1.00 bits per heavy atom. The highest BCUT2D eigenvalue weighted by atomic mass is 16.6. The van der Waals surface area contributed by atoms with Crippen molar-refractivity contribution in [2.24, 2.45) is 0 Å². The van der Waals surface area contributed by atoms with E-state index >= 15 is 0 Å². The lowest BCUT2D eigenvalue weighted by Gasteiger charge is -2.19. The molecule has 0 aromatic rings. The summed E-state index contributed by atoms with van der Waals surface area (Å²) in [7, 11) is 0. The minimum atomic E-state index is -0.980. The van der Waals surface area contributed by atoms with Crippen LogP contribution in [0.5, 0.6) is 0 Å². The van der Waals surface area contributed by atoms with Gasteiger partial charge < -0.3 is 24.8 Å². The summed E-state index contributed by atoms with van der Waals surface area (Å²) in [5, 5.41) is 4.28. The standard InChI is InChI=1S/C14H24N2O7/c1-13(2,3)22-11(19)15-7-9(17)21-10(18)8-16-12(20)23-14(4,5)6/h7-8H2,1-6H3,(H,15,19)(H,16,20). The summed E-state index contributed by atoms with van der Waals surface area (Å²) in [5.74, 6) is -1.96. The molecule has 0 heterocycles. The topological polar surface area (TPSA) is 120 Å². The zero-order chi connectivity index (χ0) is 18.3. The van der Waals surface area contributed by atoms with Crippen LogP contribution in [-0.4, -0.2) is 48.4 Å². The average molecular weight is 332 g/mol. The molecule has 0 spiro atoms. The quantitative estimate of drug-likeness (QED) is 0.449. The number of amides is 2. The molecule has 2 amide bonds. The van der Waals surface area contributed by atoms with Crippen molar-refractivity contribution >= 4 is 24.1 Å². The van der Waals surface area contributed by atoms with Gasteiger partial charge in [-0.25, -0.2) is 19.2 Å². The summed E-state index contributed by atoms with van der Waals surface area (Å²) in [6.45, 7) is 8.91. The van der Waals surface area contributed by atoms with Crippen molar-refractivity contribution in [2.75, 3.05) is 13.1 Å². The smallest absolute Gasteiger partial charge is 0.408 e. The van der Waals surface area contributed by atoms with Crippen molar-refractivity contribution in [1.82, 2.24) is 10.6 Å². The van der Waals surface area contributed by atoms with Crippen LogP contribution in [0.15, 0.2) is 0 Å². The molecule has 0 radical (unpaired) electrons. The first kappa shape index (κ1) is 20.7. The number of hydrogen-bond donors (Lipinski definition) is 2. The average Bonchev–Trinajstić information content (AvgIpc) is 2.29. The van der Waals surface area contributed by atoms with E-state index in [4.69, 9.17) is 9.47 Å². The van der Waals surface area contributed by atoms with Gasteiger partial charge in [0.1, 0.15) is 24.3 Å². The molecule has 0 atom stereocenters. The maximum atomic E-state index is 11.3. The molecule has 0 aliphatic rings. The highest BCUT2D eigenvalue weighted by molar-refractivity contribution is 5.90. The van der Waals surface area contributed by atoms with Crippen molar-refractivity contribution in [1.29, 1.82) is 0 Å². The molecule has 0 saturated heterocycles. The second kappa shape index (κ2) is 8.35. The maximum Gasteiger partial charge on any atom is 0.408 e. The fraction of sp³-hybridized carbons (Fsp3) is 0.714. The molecule has 2 N–H and O–H groups in total. The van der Waals surface area contributed by atoms with Crippen LogP contribution in [0.4, 0.5) is 9.59 Å². The summed E-state index contributed by atoms with van der Waals surface area (Å²) in [6, 6.07) is 0. The van der Waals surface area contributed by atoms with E-state index in [1.807, 2.05) is 0 Å². The van der Waals surface area contributed by atoms with Gasteiger partial charge in [-0.1, -0.05) is 0 Å². The Labute approximate surface area is 135 Å². The van der Waals surface area contributed by atoms with Crippen LogP contribution < -0.4 is 10.6 Å². The van der Waals surface area contributed by atoms with Crippen LogP contribution in [0.1, 0.15) is 41.5 Å². The van der Waals surface area contributed by atoms with Crippen molar-refractivity contribution in [2.45, 2.75) is 52.7 Å². The third-order valence-corrected chi connectivity index (χ3v) is 1.78. The lowest BCUT2D eigenvalue weighted by atomic mass is 10.2. The number of rotatable bonds is 4. The van der Waals surface area contributed by atoms with Gasteiger partial charge in [0.15, 0.2) is 0 Å². The first-order valence-corrected chi connectivity index (χ1v) is 6.96. The molecule has 9 nitrogen and oxygen atoms in total. The van der Waals surface area contributed by atoms with E-state index in [2.05, 4.69) is 15.4 Å². The van der Waals surface area contributed by atoms with Gasteiger partial charge in [-0.15, -0.1) is 0 Å². The molecular weight excluding hydrogens is 308 g/mol. The van der Waals surface area contributed by atoms with Crippen LogP contribution in [0.3, 0.4) is 0 Å². The van der Waals surface area contributed by atoms with E-state index < -0.39 is 48.4 Å². The highest BCUT2D eigenvalue weighted by Gasteiger charge is 2.19. The molecule has 23 heavy (non-hydrogen) atoms. The van der Waals surface area contributed by atoms with Gasteiger partial charge in [-0.05, 0) is 41.5 Å². The molecule has 0 fully saturated rings. The molecule has 0 aliphatic carbocycles. The Morgan fingerprint density at radius 3 is 1.26 bits per heavy atom. The number of alkyl carbamates (subject to hydrolysis) is 2. The Hall–Kier alpha value is -2.32. The zero-order valence-corrected chi connectivity index (χ0v) is 14.3. The van der Waals surface area contributed by atoms with Gasteiger partial charge in [-0.3, -0.25) is 0 Å². The molecule has 0 saturated carbocycles. The molecule has 0 aromatic carbocycles. The number of ether oxygens (including phenoxy) is 3. The summed E-state index contributed by atoms with van der Waals surface area (Å²) < 4.78 is 14.2. The molecule has 9 heteroatoms. The lowest BCUT2D eigenvalue weighted by Crippen LogP contribution is -2.39. The Morgan fingerprint density at radius 1 is 0.696 bits per heavy atom. The minimum Gasteiger partial charge on any atom is -0.444 e. The monoisotopic (exact) mass is 332 g/mol. The van der Waals surface area contributed by atoms with Crippen LogP contribution in [0.2, 0.25) is 0 Å². The van der Waals surface area contributed by atoms with E-state index in [9.17, 15) is 19.2 Å². The van der Waals surface area contributed by atoms with Crippen LogP contribution in [-0.2, 0) is 23.8 Å². The third-order valence-electron chi connectivity index (χ3n) is 1.78. The predicted molar refractivity (Wildman–Crippen MR) is 79.6 cm³/mol. The predicted octanol–water partition coefficient (Wildman–Crippen LogP) is 1.11. The largest absolute Gasteiger partial charge is 0.444 e. The van der Waals surface area contributed by atoms with Gasteiger partial charge in [-0.2, -0.15) is 0 Å². The zero-order valence-electron chi connectivity index (χ0n) is 14.3. The number of nitrogens with one attached hydrogen (secondary N) is 2. The molecule has 0 aromatic heterocycles. The van der Waals surface area contributed by atoms with Crippen molar-refractivity contribution in [3.63, 3.8) is 0 Å². The van der Waals surface area contributed by atoms with Crippen LogP contribution in [0.25, 0.3) is 0 Å². The molecule has 0 aliphatic heterocycles. The second-order valence-electron chi connectivity index (χ2n) is 6.56. The van der Waals surface area contributed by atoms with E-state index in [1.54, 1.807) is 41.5 Å².